The van der Waals surface area contributed by atoms with Crippen LogP contribution in [0.3, 0.4) is 0 Å². The van der Waals surface area contributed by atoms with Gasteiger partial charge in [-0.25, -0.2) is 8.42 Å². The van der Waals surface area contributed by atoms with Gasteiger partial charge in [0.2, 0.25) is 10.0 Å². The molecule has 26 heavy (non-hydrogen) atoms. The third-order valence-electron chi connectivity index (χ3n) is 4.15. The van der Waals surface area contributed by atoms with Crippen molar-refractivity contribution in [2.45, 2.75) is 49.8 Å². The molecule has 0 heterocycles. The van der Waals surface area contributed by atoms with E-state index in [9.17, 15) is 18.5 Å². The zero-order valence-corrected chi connectivity index (χ0v) is 16.0. The van der Waals surface area contributed by atoms with E-state index in [1.807, 2.05) is 0 Å². The Morgan fingerprint density at radius 3 is 2.04 bits per heavy atom. The maximum absolute atomic E-state index is 12.9. The number of nitrogens with zero attached hydrogens (tertiary/aromatic N) is 2. The van der Waals surface area contributed by atoms with Gasteiger partial charge in [0, 0.05) is 19.2 Å². The van der Waals surface area contributed by atoms with E-state index in [0.29, 0.717) is 32.5 Å². The lowest BCUT2D eigenvalue weighted by Crippen LogP contribution is -2.34. The van der Waals surface area contributed by atoms with Crippen LogP contribution in [0.25, 0.3) is 0 Å². The van der Waals surface area contributed by atoms with E-state index >= 15 is 0 Å². The molecule has 4 N–H and O–H groups in total. The summed E-state index contributed by atoms with van der Waals surface area (Å²) in [6, 6.07) is 5.46. The van der Waals surface area contributed by atoms with E-state index in [1.54, 1.807) is 0 Å². The number of benzene rings is 1. The van der Waals surface area contributed by atoms with Gasteiger partial charge in [0.25, 0.3) is 5.69 Å². The second-order valence-electron chi connectivity index (χ2n) is 6.18. The van der Waals surface area contributed by atoms with E-state index < -0.39 is 20.6 Å². The van der Waals surface area contributed by atoms with Gasteiger partial charge < -0.3 is 11.5 Å². The highest BCUT2D eigenvalue weighted by Gasteiger charge is 2.30. The first kappa shape index (κ1) is 22.5. The highest BCUT2D eigenvalue weighted by atomic mass is 32.2. The summed E-state index contributed by atoms with van der Waals surface area (Å²) in [5.41, 5.74) is 10.6. The maximum atomic E-state index is 12.9. The molecule has 1 aromatic carbocycles. The summed E-state index contributed by atoms with van der Waals surface area (Å²) in [6.07, 6.45) is 6.34. The average Bonchev–Trinajstić information content (AvgIpc) is 2.63. The number of para-hydroxylation sites is 1. The van der Waals surface area contributed by atoms with Crippen LogP contribution in [-0.2, 0) is 10.0 Å². The van der Waals surface area contributed by atoms with Crippen molar-refractivity contribution in [2.75, 3.05) is 26.2 Å². The topological polar surface area (TPSA) is 133 Å². The quantitative estimate of drug-likeness (QED) is 0.286. The van der Waals surface area contributed by atoms with Gasteiger partial charge in [-0.05, 0) is 38.4 Å². The molecule has 0 aliphatic heterocycles. The van der Waals surface area contributed by atoms with Crippen LogP contribution in [0.5, 0.6) is 0 Å². The fourth-order valence-corrected chi connectivity index (χ4v) is 4.40. The van der Waals surface area contributed by atoms with Crippen molar-refractivity contribution in [3.8, 4) is 0 Å². The summed E-state index contributed by atoms with van der Waals surface area (Å²) in [5, 5.41) is 11.2. The molecule has 0 radical (unpaired) electrons. The Bertz CT molecular complexity index is 652. The number of sulfonamides is 1. The molecule has 0 aliphatic carbocycles. The molecule has 0 atom stereocenters. The molecule has 0 saturated carbocycles. The van der Waals surface area contributed by atoms with E-state index in [0.717, 1.165) is 32.1 Å². The van der Waals surface area contributed by atoms with Gasteiger partial charge in [-0.2, -0.15) is 4.31 Å². The Hall–Kier alpha value is -1.55. The largest absolute Gasteiger partial charge is 0.330 e. The van der Waals surface area contributed by atoms with Gasteiger partial charge in [0.05, 0.1) is 4.92 Å². The predicted molar refractivity (Wildman–Crippen MR) is 102 cm³/mol. The van der Waals surface area contributed by atoms with Crippen LogP contribution in [0, 0.1) is 10.1 Å². The summed E-state index contributed by atoms with van der Waals surface area (Å²) in [6.45, 7) is 1.66. The minimum absolute atomic E-state index is 0.259. The number of hydrogen-bond acceptors (Lipinski definition) is 6. The van der Waals surface area contributed by atoms with E-state index in [2.05, 4.69) is 0 Å². The third-order valence-corrected chi connectivity index (χ3v) is 6.10. The van der Waals surface area contributed by atoms with Gasteiger partial charge in [-0.1, -0.05) is 37.8 Å². The molecule has 8 nitrogen and oxygen atoms in total. The van der Waals surface area contributed by atoms with Crippen LogP contribution in [0.1, 0.15) is 44.9 Å². The number of rotatable bonds is 14. The van der Waals surface area contributed by atoms with Gasteiger partial charge in [0.1, 0.15) is 0 Å². The van der Waals surface area contributed by atoms with E-state index in [1.165, 1.54) is 28.6 Å². The molecule has 9 heteroatoms. The lowest BCUT2D eigenvalue weighted by molar-refractivity contribution is -0.387. The zero-order valence-electron chi connectivity index (χ0n) is 15.2. The zero-order chi connectivity index (χ0) is 19.4. The average molecular weight is 387 g/mol. The van der Waals surface area contributed by atoms with Crippen LogP contribution in [0.4, 0.5) is 5.69 Å². The smallest absolute Gasteiger partial charge is 0.289 e. The Labute approximate surface area is 155 Å². The first-order chi connectivity index (χ1) is 12.4. The SMILES string of the molecule is NCCCCCCCCN(CCCN)S(=O)(=O)c1ccccc1[N+](=O)[O-]. The summed E-state index contributed by atoms with van der Waals surface area (Å²) >= 11 is 0. The molecule has 1 rings (SSSR count). The molecule has 0 spiro atoms. The number of hydrogen-bond donors (Lipinski definition) is 2. The van der Waals surface area contributed by atoms with Crippen molar-refractivity contribution in [2.24, 2.45) is 11.5 Å². The summed E-state index contributed by atoms with van der Waals surface area (Å²) < 4.78 is 27.2. The highest BCUT2D eigenvalue weighted by molar-refractivity contribution is 7.89. The minimum atomic E-state index is -3.93. The van der Waals surface area contributed by atoms with Gasteiger partial charge in [-0.3, -0.25) is 10.1 Å². The van der Waals surface area contributed by atoms with E-state index in [-0.39, 0.29) is 11.4 Å². The van der Waals surface area contributed by atoms with Gasteiger partial charge >= 0.3 is 0 Å². The minimum Gasteiger partial charge on any atom is -0.330 e. The fraction of sp³-hybridized carbons (Fsp3) is 0.647. The van der Waals surface area contributed by atoms with Crippen LogP contribution in [-0.4, -0.2) is 43.8 Å². The molecular formula is C17H30N4O4S. The summed E-state index contributed by atoms with van der Waals surface area (Å²) in [4.78, 5) is 10.3. The number of unbranched alkanes of at least 4 members (excludes halogenated alkanes) is 5. The van der Waals surface area contributed by atoms with Crippen molar-refractivity contribution < 1.29 is 13.3 Å². The maximum Gasteiger partial charge on any atom is 0.289 e. The molecule has 0 aliphatic rings. The van der Waals surface area contributed by atoms with Crippen LogP contribution in [0.2, 0.25) is 0 Å². The lowest BCUT2D eigenvalue weighted by atomic mass is 10.1. The van der Waals surface area contributed by atoms with Crippen molar-refractivity contribution in [1.29, 1.82) is 0 Å². The number of nitro benzene ring substituents is 1. The molecule has 0 saturated heterocycles. The van der Waals surface area contributed by atoms with Crippen LogP contribution >= 0.6 is 0 Å². The first-order valence-corrected chi connectivity index (χ1v) is 10.5. The summed E-state index contributed by atoms with van der Waals surface area (Å²) in [5.74, 6) is 0. The van der Waals surface area contributed by atoms with Crippen molar-refractivity contribution in [1.82, 2.24) is 4.31 Å². The molecular weight excluding hydrogens is 356 g/mol. The second-order valence-corrected chi connectivity index (χ2v) is 8.09. The van der Waals surface area contributed by atoms with Crippen LogP contribution in [0.15, 0.2) is 29.2 Å². The Morgan fingerprint density at radius 2 is 1.42 bits per heavy atom. The molecule has 0 aromatic heterocycles. The fourth-order valence-electron chi connectivity index (χ4n) is 2.72. The second kappa shape index (κ2) is 11.9. The summed E-state index contributed by atoms with van der Waals surface area (Å²) in [7, 11) is -3.93. The highest BCUT2D eigenvalue weighted by Crippen LogP contribution is 2.26. The molecule has 0 bridgehead atoms. The standard InChI is InChI=1S/C17H30N4O4S/c18-12-7-3-1-2-4-8-14-20(15-9-13-19)26(24,25)17-11-6-5-10-16(17)21(22)23/h5-6,10-11H,1-4,7-9,12-15,18-19H2. The predicted octanol–water partition coefficient (Wildman–Crippen LogP) is 2.23. The van der Waals surface area contributed by atoms with Gasteiger partial charge in [-0.15, -0.1) is 0 Å². The number of nitro groups is 1. The van der Waals surface area contributed by atoms with Crippen LogP contribution < -0.4 is 11.5 Å². The van der Waals surface area contributed by atoms with E-state index in [4.69, 9.17) is 11.5 Å². The molecule has 0 fully saturated rings. The number of nitrogens with two attached hydrogens (primary N) is 2. The van der Waals surface area contributed by atoms with Gasteiger partial charge in [0.15, 0.2) is 4.90 Å². The molecule has 1 aromatic rings. The third kappa shape index (κ3) is 6.99. The Balaban J connectivity index is 2.79. The first-order valence-electron chi connectivity index (χ1n) is 9.09. The monoisotopic (exact) mass is 386 g/mol. The Kier molecular flexibility index (Phi) is 10.3. The van der Waals surface area contributed by atoms with Crippen molar-refractivity contribution in [3.63, 3.8) is 0 Å². The molecule has 0 amide bonds. The Morgan fingerprint density at radius 1 is 0.885 bits per heavy atom. The van der Waals surface area contributed by atoms with Crippen molar-refractivity contribution in [3.05, 3.63) is 34.4 Å². The van der Waals surface area contributed by atoms with Crippen molar-refractivity contribution >= 4 is 15.7 Å². The molecule has 0 unspecified atom stereocenters. The molecule has 148 valence electrons. The lowest BCUT2D eigenvalue weighted by Gasteiger charge is -2.22. The normalized spacial score (nSPS) is 11.8.